The van der Waals surface area contributed by atoms with Crippen molar-refractivity contribution in [1.29, 1.82) is 0 Å². The van der Waals surface area contributed by atoms with E-state index in [1.165, 1.54) is 23.1 Å². The van der Waals surface area contributed by atoms with Gasteiger partial charge in [0.15, 0.2) is 0 Å². The molecule has 1 aromatic heterocycles. The lowest BCUT2D eigenvalue weighted by atomic mass is 10.0. The molecule has 1 aliphatic carbocycles. The predicted octanol–water partition coefficient (Wildman–Crippen LogP) is -0.379. The molecule has 0 radical (unpaired) electrons. The van der Waals surface area contributed by atoms with Gasteiger partial charge in [-0.2, -0.15) is 17.8 Å². The molecule has 20 heavy (non-hydrogen) atoms. The third kappa shape index (κ3) is 2.56. The Hall–Kier alpha value is -1.45. The van der Waals surface area contributed by atoms with Crippen LogP contribution in [0.3, 0.4) is 0 Å². The van der Waals surface area contributed by atoms with Crippen LogP contribution in [-0.2, 0) is 10.2 Å². The predicted molar refractivity (Wildman–Crippen MR) is 70.5 cm³/mol. The Morgan fingerprint density at radius 1 is 1.35 bits per heavy atom. The fourth-order valence-corrected chi connectivity index (χ4v) is 4.14. The highest BCUT2D eigenvalue weighted by atomic mass is 32.2. The summed E-state index contributed by atoms with van der Waals surface area (Å²) < 4.78 is 25.6. The van der Waals surface area contributed by atoms with Crippen LogP contribution >= 0.6 is 0 Å². The van der Waals surface area contributed by atoms with Crippen LogP contribution in [0.2, 0.25) is 0 Å². The summed E-state index contributed by atoms with van der Waals surface area (Å²) in [7, 11) is -3.67. The molecule has 1 amide bonds. The maximum atomic E-state index is 12.1. The molecule has 3 N–H and O–H groups in total. The summed E-state index contributed by atoms with van der Waals surface area (Å²) in [5, 5.41) is 6.12. The zero-order chi connectivity index (χ0) is 14.2. The summed E-state index contributed by atoms with van der Waals surface area (Å²) in [6.07, 6.45) is 6.10. The number of H-pyrrole nitrogens is 1. The number of rotatable bonds is 4. The standard InChI is InChI=1S/C11H17N5O3S/c17-11(10-4-12-13-5-10)14-15-20(18,19)16-6-8-2-1-3-9(8)7-16/h4-5,8-9,15H,1-3,6-7H2,(H,12,13)(H,14,17)/t8-,9+. The first-order valence-electron chi connectivity index (χ1n) is 6.62. The van der Waals surface area contributed by atoms with Crippen LogP contribution < -0.4 is 10.3 Å². The van der Waals surface area contributed by atoms with Crippen LogP contribution in [0.1, 0.15) is 29.6 Å². The van der Waals surface area contributed by atoms with Crippen molar-refractivity contribution >= 4 is 16.1 Å². The quantitative estimate of drug-likeness (QED) is 0.659. The molecule has 3 rings (SSSR count). The van der Waals surface area contributed by atoms with Gasteiger partial charge in [0.25, 0.3) is 16.1 Å². The fraction of sp³-hybridized carbons (Fsp3) is 0.636. The van der Waals surface area contributed by atoms with Crippen LogP contribution in [0, 0.1) is 11.8 Å². The lowest BCUT2D eigenvalue weighted by molar-refractivity contribution is 0.0944. The SMILES string of the molecule is O=C(NNS(=O)(=O)N1C[C@H]2CCC[C@H]2C1)c1cn[nH]c1. The Balaban J connectivity index is 1.58. The molecular formula is C11H17N5O3S. The monoisotopic (exact) mass is 299 g/mol. The Morgan fingerprint density at radius 3 is 2.65 bits per heavy atom. The molecule has 2 atom stereocenters. The number of carbonyl (C=O) groups excluding carboxylic acids is 1. The van der Waals surface area contributed by atoms with Crippen molar-refractivity contribution in [3.8, 4) is 0 Å². The first-order chi connectivity index (χ1) is 9.56. The third-order valence-electron chi connectivity index (χ3n) is 4.09. The molecule has 1 aliphatic heterocycles. The number of aromatic nitrogens is 2. The second-order valence-electron chi connectivity index (χ2n) is 5.32. The Morgan fingerprint density at radius 2 is 2.05 bits per heavy atom. The van der Waals surface area contributed by atoms with Gasteiger partial charge in [-0.15, -0.1) is 4.83 Å². The fourth-order valence-electron chi connectivity index (χ4n) is 3.01. The molecule has 1 saturated carbocycles. The zero-order valence-electron chi connectivity index (χ0n) is 10.9. The molecule has 1 aromatic rings. The molecular weight excluding hydrogens is 282 g/mol. The van der Waals surface area contributed by atoms with E-state index in [4.69, 9.17) is 0 Å². The van der Waals surface area contributed by atoms with Crippen LogP contribution in [0.25, 0.3) is 0 Å². The number of hydrogen-bond donors (Lipinski definition) is 3. The summed E-state index contributed by atoms with van der Waals surface area (Å²) in [6.45, 7) is 1.09. The lowest BCUT2D eigenvalue weighted by Crippen LogP contribution is -2.48. The van der Waals surface area contributed by atoms with Gasteiger partial charge in [-0.3, -0.25) is 15.3 Å². The molecule has 8 nitrogen and oxygen atoms in total. The minimum absolute atomic E-state index is 0.269. The summed E-state index contributed by atoms with van der Waals surface area (Å²) in [5.74, 6) is 0.397. The van der Waals surface area contributed by atoms with E-state index < -0.39 is 16.1 Å². The third-order valence-corrected chi connectivity index (χ3v) is 5.42. The Labute approximate surface area is 117 Å². The van der Waals surface area contributed by atoms with Crippen molar-refractivity contribution in [2.24, 2.45) is 11.8 Å². The van der Waals surface area contributed by atoms with E-state index in [2.05, 4.69) is 20.5 Å². The number of nitrogens with one attached hydrogen (secondary N) is 3. The number of hydrazine groups is 1. The minimum Gasteiger partial charge on any atom is -0.285 e. The Bertz CT molecular complexity index is 573. The molecule has 1 saturated heterocycles. The summed E-state index contributed by atoms with van der Waals surface area (Å²) >= 11 is 0. The highest BCUT2D eigenvalue weighted by molar-refractivity contribution is 7.87. The largest absolute Gasteiger partial charge is 0.296 e. The summed E-state index contributed by atoms with van der Waals surface area (Å²) in [4.78, 5) is 13.8. The molecule has 2 heterocycles. The van der Waals surface area contributed by atoms with Crippen molar-refractivity contribution in [2.75, 3.05) is 13.1 Å². The van der Waals surface area contributed by atoms with Gasteiger partial charge in [-0.05, 0) is 24.7 Å². The average Bonchev–Trinajstić information content (AvgIpc) is 3.10. The molecule has 2 fully saturated rings. The molecule has 0 aromatic carbocycles. The van der Waals surface area contributed by atoms with Crippen molar-refractivity contribution in [2.45, 2.75) is 19.3 Å². The summed E-state index contributed by atoms with van der Waals surface area (Å²) in [6, 6.07) is 0. The smallest absolute Gasteiger partial charge is 0.285 e. The van der Waals surface area contributed by atoms with E-state index in [0.29, 0.717) is 24.9 Å². The first kappa shape index (κ1) is 13.5. The lowest BCUT2D eigenvalue weighted by Gasteiger charge is -2.17. The molecule has 2 aliphatic rings. The number of amides is 1. The zero-order valence-corrected chi connectivity index (χ0v) is 11.7. The van der Waals surface area contributed by atoms with E-state index in [1.807, 2.05) is 0 Å². The van der Waals surface area contributed by atoms with E-state index in [0.717, 1.165) is 12.8 Å². The number of fused-ring (bicyclic) bond motifs is 1. The molecule has 0 unspecified atom stereocenters. The highest BCUT2D eigenvalue weighted by Gasteiger charge is 2.40. The van der Waals surface area contributed by atoms with E-state index in [1.54, 1.807) is 0 Å². The van der Waals surface area contributed by atoms with Crippen molar-refractivity contribution in [3.05, 3.63) is 18.0 Å². The first-order valence-corrected chi connectivity index (χ1v) is 8.06. The minimum atomic E-state index is -3.67. The van der Waals surface area contributed by atoms with Gasteiger partial charge < -0.3 is 0 Å². The Kier molecular flexibility index (Phi) is 3.48. The van der Waals surface area contributed by atoms with Gasteiger partial charge in [0.2, 0.25) is 0 Å². The van der Waals surface area contributed by atoms with E-state index >= 15 is 0 Å². The second kappa shape index (κ2) is 5.15. The summed E-state index contributed by atoms with van der Waals surface area (Å²) in [5.41, 5.74) is 2.46. The molecule has 0 spiro atoms. The van der Waals surface area contributed by atoms with Crippen LogP contribution in [0.15, 0.2) is 12.4 Å². The molecule has 110 valence electrons. The topological polar surface area (TPSA) is 107 Å². The van der Waals surface area contributed by atoms with Crippen molar-refractivity contribution in [1.82, 2.24) is 24.8 Å². The van der Waals surface area contributed by atoms with Gasteiger partial charge in [0, 0.05) is 19.3 Å². The van der Waals surface area contributed by atoms with E-state index in [-0.39, 0.29) is 5.56 Å². The number of hydrogen-bond acceptors (Lipinski definition) is 4. The van der Waals surface area contributed by atoms with Crippen LogP contribution in [0.4, 0.5) is 0 Å². The second-order valence-corrected chi connectivity index (χ2v) is 6.99. The number of aromatic amines is 1. The van der Waals surface area contributed by atoms with Crippen molar-refractivity contribution < 1.29 is 13.2 Å². The van der Waals surface area contributed by atoms with Crippen LogP contribution in [0.5, 0.6) is 0 Å². The van der Waals surface area contributed by atoms with Crippen LogP contribution in [-0.4, -0.2) is 41.9 Å². The van der Waals surface area contributed by atoms with E-state index in [9.17, 15) is 13.2 Å². The van der Waals surface area contributed by atoms with Crippen molar-refractivity contribution in [3.63, 3.8) is 0 Å². The normalized spacial score (nSPS) is 26.6. The van der Waals surface area contributed by atoms with Gasteiger partial charge in [-0.25, -0.2) is 0 Å². The maximum absolute atomic E-state index is 12.1. The van der Waals surface area contributed by atoms with Gasteiger partial charge in [0.05, 0.1) is 11.8 Å². The van der Waals surface area contributed by atoms with Gasteiger partial charge in [-0.1, -0.05) is 6.42 Å². The average molecular weight is 299 g/mol. The maximum Gasteiger partial charge on any atom is 0.296 e. The van der Waals surface area contributed by atoms with Gasteiger partial charge >= 0.3 is 0 Å². The number of carbonyl (C=O) groups is 1. The van der Waals surface area contributed by atoms with Gasteiger partial charge in [0.1, 0.15) is 0 Å². The number of nitrogens with zero attached hydrogens (tertiary/aromatic N) is 2. The molecule has 9 heteroatoms. The highest BCUT2D eigenvalue weighted by Crippen LogP contribution is 2.38. The molecule has 0 bridgehead atoms.